The highest BCUT2D eigenvalue weighted by atomic mass is 15.4. The molecule has 0 bridgehead atoms. The fraction of sp³-hybridized carbons (Fsp3) is 0.562. The van der Waals surface area contributed by atoms with Gasteiger partial charge in [0.2, 0.25) is 5.95 Å². The minimum atomic E-state index is 0.798. The summed E-state index contributed by atoms with van der Waals surface area (Å²) in [6.45, 7) is 6.13. The van der Waals surface area contributed by atoms with E-state index in [2.05, 4.69) is 25.1 Å². The lowest BCUT2D eigenvalue weighted by atomic mass is 10.3. The highest BCUT2D eigenvalue weighted by molar-refractivity contribution is 5.34. The third kappa shape index (κ3) is 2.61. The van der Waals surface area contributed by atoms with Crippen molar-refractivity contribution in [2.24, 2.45) is 7.05 Å². The smallest absolute Gasteiger partial charge is 0.340 e. The number of aryl methyl sites for hydroxylation is 5. The maximum absolute atomic E-state index is 4.71. The predicted molar refractivity (Wildman–Crippen MR) is 88.9 cm³/mol. The molecule has 8 heteroatoms. The summed E-state index contributed by atoms with van der Waals surface area (Å²) >= 11 is 0. The molecule has 24 heavy (non-hydrogen) atoms. The van der Waals surface area contributed by atoms with Gasteiger partial charge in [0.25, 0.3) is 5.82 Å². The van der Waals surface area contributed by atoms with Crippen molar-refractivity contribution in [2.75, 3.05) is 18.0 Å². The van der Waals surface area contributed by atoms with Gasteiger partial charge in [0.15, 0.2) is 0 Å². The van der Waals surface area contributed by atoms with E-state index < -0.39 is 0 Å². The number of rotatable bonds is 4. The van der Waals surface area contributed by atoms with Crippen LogP contribution in [0.4, 0.5) is 5.95 Å². The monoisotopic (exact) mass is 327 g/mol. The van der Waals surface area contributed by atoms with E-state index in [1.807, 2.05) is 36.3 Å². The number of hydrogen-bond acceptors (Lipinski definition) is 5. The molecule has 1 saturated heterocycles. The number of fused-ring (bicyclic) bond motifs is 1. The van der Waals surface area contributed by atoms with Crippen LogP contribution in [0.5, 0.6) is 0 Å². The Balaban J connectivity index is 1.53. The zero-order valence-electron chi connectivity index (χ0n) is 14.5. The maximum Gasteiger partial charge on any atom is 0.370 e. The molecule has 8 nitrogen and oxygen atoms in total. The highest BCUT2D eigenvalue weighted by Crippen LogP contribution is 2.16. The highest BCUT2D eigenvalue weighted by Gasteiger charge is 2.20. The molecule has 4 heterocycles. The molecule has 0 spiro atoms. The molecule has 0 unspecified atom stereocenters. The van der Waals surface area contributed by atoms with Crippen molar-refractivity contribution in [1.29, 1.82) is 0 Å². The van der Waals surface area contributed by atoms with Gasteiger partial charge in [-0.05, 0) is 24.7 Å². The molecule has 1 aliphatic rings. The molecule has 1 fully saturated rings. The Morgan fingerprint density at radius 2 is 1.96 bits per heavy atom. The molecule has 0 amide bonds. The van der Waals surface area contributed by atoms with Crippen LogP contribution in [0.1, 0.15) is 35.9 Å². The van der Waals surface area contributed by atoms with Gasteiger partial charge in [0.05, 0.1) is 6.20 Å². The summed E-state index contributed by atoms with van der Waals surface area (Å²) in [5.74, 6) is 2.80. The summed E-state index contributed by atoms with van der Waals surface area (Å²) in [7, 11) is 1.97. The molecule has 0 aromatic carbocycles. The van der Waals surface area contributed by atoms with Gasteiger partial charge < -0.3 is 4.90 Å². The predicted octanol–water partition coefficient (Wildman–Crippen LogP) is 0.674. The molecule has 0 aliphatic carbocycles. The van der Waals surface area contributed by atoms with Crippen LogP contribution in [0.3, 0.4) is 0 Å². The molecule has 4 rings (SSSR count). The van der Waals surface area contributed by atoms with E-state index in [0.29, 0.717) is 0 Å². The van der Waals surface area contributed by atoms with Gasteiger partial charge in [0.1, 0.15) is 17.2 Å². The Labute approximate surface area is 140 Å². The van der Waals surface area contributed by atoms with Crippen molar-refractivity contribution in [1.82, 2.24) is 29.8 Å². The number of H-pyrrole nitrogens is 1. The van der Waals surface area contributed by atoms with E-state index in [1.165, 1.54) is 12.8 Å². The zero-order chi connectivity index (χ0) is 16.7. The number of aromatic amines is 1. The quantitative estimate of drug-likeness (QED) is 0.713. The first-order valence-corrected chi connectivity index (χ1v) is 8.49. The number of aromatic nitrogens is 7. The lowest BCUT2D eigenvalue weighted by Gasteiger charge is -2.10. The average molecular weight is 327 g/mol. The fourth-order valence-corrected chi connectivity index (χ4v) is 3.20. The van der Waals surface area contributed by atoms with Crippen LogP contribution in [0.2, 0.25) is 0 Å². The molecule has 1 N–H and O–H groups in total. The SMILES string of the molecule is Cc1ncc(C)[n+]2[nH]c(CCc3nc(N4CCCC4)nn3C)nc12. The molecular weight excluding hydrogens is 304 g/mol. The third-order valence-corrected chi connectivity index (χ3v) is 4.63. The van der Waals surface area contributed by atoms with E-state index in [0.717, 1.165) is 60.6 Å². The topological polar surface area (TPSA) is 79.6 Å². The van der Waals surface area contributed by atoms with Crippen molar-refractivity contribution in [3.05, 3.63) is 29.2 Å². The van der Waals surface area contributed by atoms with E-state index in [-0.39, 0.29) is 0 Å². The summed E-state index contributed by atoms with van der Waals surface area (Å²) in [5.41, 5.74) is 2.86. The fourth-order valence-electron chi connectivity index (χ4n) is 3.20. The van der Waals surface area contributed by atoms with Gasteiger partial charge in [-0.25, -0.2) is 4.98 Å². The average Bonchev–Trinajstić information content (AvgIpc) is 3.28. The van der Waals surface area contributed by atoms with Crippen molar-refractivity contribution in [3.63, 3.8) is 0 Å². The van der Waals surface area contributed by atoms with Crippen LogP contribution in [0, 0.1) is 13.8 Å². The Morgan fingerprint density at radius 1 is 1.17 bits per heavy atom. The van der Waals surface area contributed by atoms with Crippen LogP contribution >= 0.6 is 0 Å². The number of nitrogens with zero attached hydrogens (tertiary/aromatic N) is 7. The summed E-state index contributed by atoms with van der Waals surface area (Å²) in [6.07, 6.45) is 5.93. The van der Waals surface area contributed by atoms with Crippen molar-refractivity contribution in [2.45, 2.75) is 39.5 Å². The minimum Gasteiger partial charge on any atom is -0.340 e. The number of anilines is 1. The van der Waals surface area contributed by atoms with Crippen molar-refractivity contribution >= 4 is 11.6 Å². The Hall–Kier alpha value is -2.51. The van der Waals surface area contributed by atoms with Gasteiger partial charge >= 0.3 is 5.65 Å². The molecule has 0 saturated carbocycles. The lowest BCUT2D eigenvalue weighted by molar-refractivity contribution is -0.585. The van der Waals surface area contributed by atoms with Crippen LogP contribution < -0.4 is 9.42 Å². The minimum absolute atomic E-state index is 0.798. The van der Waals surface area contributed by atoms with Crippen LogP contribution in [0.25, 0.3) is 5.65 Å². The zero-order valence-corrected chi connectivity index (χ0v) is 14.5. The first-order valence-electron chi connectivity index (χ1n) is 8.49. The van der Waals surface area contributed by atoms with Crippen molar-refractivity contribution < 1.29 is 4.52 Å². The molecule has 0 atom stereocenters. The molecule has 3 aromatic rings. The van der Waals surface area contributed by atoms with Crippen LogP contribution in [-0.2, 0) is 19.9 Å². The Bertz CT molecular complexity index is 833. The largest absolute Gasteiger partial charge is 0.370 e. The van der Waals surface area contributed by atoms with E-state index in [4.69, 9.17) is 4.98 Å². The van der Waals surface area contributed by atoms with Crippen molar-refractivity contribution in [3.8, 4) is 0 Å². The summed E-state index contributed by atoms with van der Waals surface area (Å²) in [4.78, 5) is 16.0. The van der Waals surface area contributed by atoms with E-state index >= 15 is 0 Å². The van der Waals surface area contributed by atoms with Crippen LogP contribution in [0.15, 0.2) is 6.20 Å². The lowest BCUT2D eigenvalue weighted by Crippen LogP contribution is -2.28. The van der Waals surface area contributed by atoms with E-state index in [9.17, 15) is 0 Å². The maximum atomic E-state index is 4.71. The van der Waals surface area contributed by atoms with Gasteiger partial charge in [0, 0.05) is 39.9 Å². The number of hydrogen-bond donors (Lipinski definition) is 1. The second-order valence-corrected chi connectivity index (χ2v) is 6.46. The summed E-state index contributed by atoms with van der Waals surface area (Å²) < 4.78 is 3.88. The second-order valence-electron chi connectivity index (χ2n) is 6.46. The standard InChI is InChI=1S/C16H22N8/c1-11-10-17-12(2)15-18-13(20-24(11)15)6-7-14-19-16(21-22(14)3)23-8-4-5-9-23/h10H,4-9H2,1-3H3/p+1. The number of nitrogens with one attached hydrogen (secondary N) is 1. The first-order chi connectivity index (χ1) is 11.6. The van der Waals surface area contributed by atoms with Gasteiger partial charge in [-0.1, -0.05) is 0 Å². The summed E-state index contributed by atoms with van der Waals surface area (Å²) in [6, 6.07) is 0. The molecule has 0 radical (unpaired) electrons. The summed E-state index contributed by atoms with van der Waals surface area (Å²) in [5, 5.41) is 7.92. The Kier molecular flexibility index (Phi) is 3.66. The third-order valence-electron chi connectivity index (χ3n) is 4.63. The second kappa shape index (κ2) is 5.85. The van der Waals surface area contributed by atoms with Gasteiger partial charge in [-0.3, -0.25) is 4.68 Å². The van der Waals surface area contributed by atoms with Gasteiger partial charge in [-0.15, -0.1) is 9.61 Å². The molecule has 3 aromatic heterocycles. The van der Waals surface area contributed by atoms with Crippen LogP contribution in [-0.4, -0.2) is 42.9 Å². The molecular formula is C16H23N8+. The molecule has 1 aliphatic heterocycles. The van der Waals surface area contributed by atoms with E-state index in [1.54, 1.807) is 0 Å². The first kappa shape index (κ1) is 15.0. The normalized spacial score (nSPS) is 14.9. The van der Waals surface area contributed by atoms with Gasteiger partial charge in [-0.2, -0.15) is 10.1 Å². The molecule has 126 valence electrons. The Morgan fingerprint density at radius 3 is 2.71 bits per heavy atom.